The Morgan fingerprint density at radius 1 is 1.35 bits per heavy atom. The summed E-state index contributed by atoms with van der Waals surface area (Å²) in [6.07, 6.45) is -1.74. The minimum absolute atomic E-state index is 0.313. The standard InChI is InChI=1S/C12H15NO4/c14-7-10(15)11-9(13-12(16)17-11)6-8-4-2-1-3-5-8/h1-5,9-11,14-15H,6-7H2,(H,13,16)/t9-,10?,11?/m0/s1. The molecule has 3 N–H and O–H groups in total. The molecule has 1 aromatic rings. The first-order valence-corrected chi connectivity index (χ1v) is 5.50. The molecule has 1 aliphatic heterocycles. The average Bonchev–Trinajstić information content (AvgIpc) is 2.70. The fourth-order valence-electron chi connectivity index (χ4n) is 1.96. The number of benzene rings is 1. The van der Waals surface area contributed by atoms with Gasteiger partial charge in [0, 0.05) is 0 Å². The van der Waals surface area contributed by atoms with E-state index < -0.39 is 24.9 Å². The maximum atomic E-state index is 11.1. The Hall–Kier alpha value is -1.59. The lowest BCUT2D eigenvalue weighted by atomic mass is 9.99. The number of carbonyl (C=O) groups excluding carboxylic acids is 1. The van der Waals surface area contributed by atoms with Crippen molar-refractivity contribution in [3.63, 3.8) is 0 Å². The predicted molar refractivity (Wildman–Crippen MR) is 60.4 cm³/mol. The molecule has 2 unspecified atom stereocenters. The zero-order valence-corrected chi connectivity index (χ0v) is 9.24. The summed E-state index contributed by atoms with van der Waals surface area (Å²) in [5.74, 6) is 0. The molecule has 3 atom stereocenters. The second kappa shape index (κ2) is 5.16. The van der Waals surface area contributed by atoms with Crippen LogP contribution in [-0.2, 0) is 11.2 Å². The van der Waals surface area contributed by atoms with E-state index in [9.17, 15) is 9.90 Å². The third-order valence-corrected chi connectivity index (χ3v) is 2.81. The van der Waals surface area contributed by atoms with Crippen molar-refractivity contribution in [1.82, 2.24) is 5.32 Å². The Balaban J connectivity index is 2.06. The van der Waals surface area contributed by atoms with Crippen LogP contribution < -0.4 is 5.32 Å². The van der Waals surface area contributed by atoms with Gasteiger partial charge in [-0.2, -0.15) is 0 Å². The number of carbonyl (C=O) groups is 1. The van der Waals surface area contributed by atoms with Gasteiger partial charge in [0.1, 0.15) is 6.10 Å². The molecule has 17 heavy (non-hydrogen) atoms. The third-order valence-electron chi connectivity index (χ3n) is 2.81. The lowest BCUT2D eigenvalue weighted by molar-refractivity contribution is -0.0122. The third kappa shape index (κ3) is 2.75. The van der Waals surface area contributed by atoms with Gasteiger partial charge >= 0.3 is 6.09 Å². The molecule has 1 aromatic carbocycles. The summed E-state index contributed by atoms with van der Waals surface area (Å²) < 4.78 is 4.94. The maximum Gasteiger partial charge on any atom is 0.407 e. The van der Waals surface area contributed by atoms with E-state index in [1.165, 1.54) is 0 Å². The number of rotatable bonds is 4. The summed E-state index contributed by atoms with van der Waals surface area (Å²) in [5.41, 5.74) is 1.04. The van der Waals surface area contributed by atoms with Crippen molar-refractivity contribution < 1.29 is 19.7 Å². The highest BCUT2D eigenvalue weighted by Gasteiger charge is 2.38. The van der Waals surface area contributed by atoms with Crippen LogP contribution in [0.15, 0.2) is 30.3 Å². The van der Waals surface area contributed by atoms with Gasteiger partial charge in [-0.05, 0) is 12.0 Å². The summed E-state index contributed by atoms with van der Waals surface area (Å²) in [4.78, 5) is 11.1. The summed E-state index contributed by atoms with van der Waals surface area (Å²) in [7, 11) is 0. The van der Waals surface area contributed by atoms with Crippen molar-refractivity contribution >= 4 is 6.09 Å². The Morgan fingerprint density at radius 3 is 2.71 bits per heavy atom. The number of hydrogen-bond donors (Lipinski definition) is 3. The van der Waals surface area contributed by atoms with Crippen LogP contribution in [0.2, 0.25) is 0 Å². The van der Waals surface area contributed by atoms with Crippen molar-refractivity contribution in [1.29, 1.82) is 0 Å². The number of nitrogens with one attached hydrogen (secondary N) is 1. The van der Waals surface area contributed by atoms with E-state index in [2.05, 4.69) is 5.32 Å². The molecule has 0 saturated carbocycles. The Bertz CT molecular complexity index is 381. The van der Waals surface area contributed by atoms with Crippen LogP contribution in [0.3, 0.4) is 0 Å². The van der Waals surface area contributed by atoms with Crippen molar-refractivity contribution in [2.24, 2.45) is 0 Å². The van der Waals surface area contributed by atoms with E-state index >= 15 is 0 Å². The van der Waals surface area contributed by atoms with Gasteiger partial charge in [0.15, 0.2) is 6.10 Å². The molecule has 0 aromatic heterocycles. The molecule has 0 spiro atoms. The smallest absolute Gasteiger partial charge is 0.407 e. The maximum absolute atomic E-state index is 11.1. The molecule has 5 heteroatoms. The highest BCUT2D eigenvalue weighted by atomic mass is 16.6. The molecule has 92 valence electrons. The Morgan fingerprint density at radius 2 is 2.06 bits per heavy atom. The Labute approximate surface area is 99.0 Å². The summed E-state index contributed by atoms with van der Waals surface area (Å²) in [5, 5.41) is 21.1. The monoisotopic (exact) mass is 237 g/mol. The number of hydrogen-bond acceptors (Lipinski definition) is 4. The van der Waals surface area contributed by atoms with Crippen molar-refractivity contribution in [3.05, 3.63) is 35.9 Å². The van der Waals surface area contributed by atoms with E-state index in [0.717, 1.165) is 5.56 Å². The summed E-state index contributed by atoms with van der Waals surface area (Å²) >= 11 is 0. The molecule has 1 fully saturated rings. The van der Waals surface area contributed by atoms with Crippen LogP contribution in [0.5, 0.6) is 0 Å². The molecule has 1 heterocycles. The van der Waals surface area contributed by atoms with E-state index in [4.69, 9.17) is 9.84 Å². The van der Waals surface area contributed by atoms with Gasteiger partial charge in [-0.3, -0.25) is 0 Å². The quantitative estimate of drug-likeness (QED) is 0.692. The summed E-state index contributed by atoms with van der Waals surface area (Å²) in [6, 6.07) is 9.29. The van der Waals surface area contributed by atoms with E-state index in [1.54, 1.807) is 0 Å². The van der Waals surface area contributed by atoms with Crippen molar-refractivity contribution in [2.45, 2.75) is 24.7 Å². The number of amides is 1. The summed E-state index contributed by atoms with van der Waals surface area (Å²) in [6.45, 7) is -0.426. The normalized spacial score (nSPS) is 25.2. The van der Waals surface area contributed by atoms with Gasteiger partial charge in [0.05, 0.1) is 12.6 Å². The zero-order valence-electron chi connectivity index (χ0n) is 9.24. The van der Waals surface area contributed by atoms with E-state index in [-0.39, 0.29) is 6.04 Å². The zero-order chi connectivity index (χ0) is 12.3. The molecule has 0 aliphatic carbocycles. The van der Waals surface area contributed by atoms with Crippen LogP contribution >= 0.6 is 0 Å². The number of cyclic esters (lactones) is 1. The second-order valence-corrected chi connectivity index (χ2v) is 4.06. The molecule has 1 saturated heterocycles. The van der Waals surface area contributed by atoms with Crippen molar-refractivity contribution in [2.75, 3.05) is 6.61 Å². The van der Waals surface area contributed by atoms with Gasteiger partial charge in [-0.1, -0.05) is 30.3 Å². The Kier molecular flexibility index (Phi) is 3.61. The number of alkyl carbamates (subject to hydrolysis) is 1. The molecule has 1 aliphatic rings. The molecule has 0 radical (unpaired) electrons. The van der Waals surface area contributed by atoms with Crippen LogP contribution in [0, 0.1) is 0 Å². The molecule has 0 bridgehead atoms. The number of aliphatic hydroxyl groups excluding tert-OH is 2. The first-order chi connectivity index (χ1) is 8.20. The lowest BCUT2D eigenvalue weighted by Gasteiger charge is -2.20. The van der Waals surface area contributed by atoms with E-state index in [0.29, 0.717) is 6.42 Å². The average molecular weight is 237 g/mol. The molecular formula is C12H15NO4. The van der Waals surface area contributed by atoms with Crippen LogP contribution in [0.1, 0.15) is 5.56 Å². The predicted octanol–water partition coefficient (Wildman–Crippen LogP) is 0.0593. The molecule has 2 rings (SSSR count). The van der Waals surface area contributed by atoms with Gasteiger partial charge in [0.2, 0.25) is 0 Å². The van der Waals surface area contributed by atoms with Crippen molar-refractivity contribution in [3.8, 4) is 0 Å². The topological polar surface area (TPSA) is 78.8 Å². The number of ether oxygens (including phenoxy) is 1. The second-order valence-electron chi connectivity index (χ2n) is 4.06. The minimum atomic E-state index is -1.05. The van der Waals surface area contributed by atoms with Crippen LogP contribution in [-0.4, -0.2) is 41.2 Å². The molecule has 1 amide bonds. The first-order valence-electron chi connectivity index (χ1n) is 5.50. The minimum Gasteiger partial charge on any atom is -0.441 e. The van der Waals surface area contributed by atoms with Crippen LogP contribution in [0.25, 0.3) is 0 Å². The molecular weight excluding hydrogens is 222 g/mol. The van der Waals surface area contributed by atoms with E-state index in [1.807, 2.05) is 30.3 Å². The highest BCUT2D eigenvalue weighted by molar-refractivity contribution is 5.70. The number of aliphatic hydroxyl groups is 2. The fraction of sp³-hybridized carbons (Fsp3) is 0.417. The molecule has 5 nitrogen and oxygen atoms in total. The lowest BCUT2D eigenvalue weighted by Crippen LogP contribution is -2.42. The van der Waals surface area contributed by atoms with Crippen LogP contribution in [0.4, 0.5) is 4.79 Å². The first kappa shape index (κ1) is 11.9. The highest BCUT2D eigenvalue weighted by Crippen LogP contribution is 2.17. The van der Waals surface area contributed by atoms with Gasteiger partial charge in [-0.15, -0.1) is 0 Å². The SMILES string of the molecule is O=C1N[C@@H](Cc2ccccc2)C(C(O)CO)O1. The van der Waals surface area contributed by atoms with Gasteiger partial charge in [-0.25, -0.2) is 4.79 Å². The van der Waals surface area contributed by atoms with Gasteiger partial charge < -0.3 is 20.3 Å². The fourth-order valence-corrected chi connectivity index (χ4v) is 1.96. The largest absolute Gasteiger partial charge is 0.441 e. The van der Waals surface area contributed by atoms with Gasteiger partial charge in [0.25, 0.3) is 0 Å².